The average Bonchev–Trinajstić information content (AvgIpc) is 3.26. The van der Waals surface area contributed by atoms with Gasteiger partial charge in [0.1, 0.15) is 5.82 Å². The highest BCUT2D eigenvalue weighted by Crippen LogP contribution is 2.48. The summed E-state index contributed by atoms with van der Waals surface area (Å²) in [6.07, 6.45) is 6.38. The monoisotopic (exact) mass is 283 g/mol. The molecule has 3 N–H and O–H groups in total. The van der Waals surface area contributed by atoms with Gasteiger partial charge in [-0.05, 0) is 30.1 Å². The zero-order valence-corrected chi connectivity index (χ0v) is 12.4. The molecule has 21 heavy (non-hydrogen) atoms. The van der Waals surface area contributed by atoms with Crippen molar-refractivity contribution in [2.45, 2.75) is 32.6 Å². The third kappa shape index (κ3) is 2.71. The standard InChI is InChI=1S/C17H21N3O/c1-2-7-17(8-9-17)11-20-16(21)14-10-19-15(18)13-6-4-3-5-12(13)14/h3-6,10H,2,7-9,11H2,1H3,(H2,18,19)(H,20,21). The topological polar surface area (TPSA) is 68.0 Å². The molecule has 0 spiro atoms. The van der Waals surface area contributed by atoms with Crippen molar-refractivity contribution in [1.29, 1.82) is 0 Å². The minimum Gasteiger partial charge on any atom is -0.383 e. The highest BCUT2D eigenvalue weighted by Gasteiger charge is 2.41. The molecule has 4 nitrogen and oxygen atoms in total. The number of pyridine rings is 1. The Morgan fingerprint density at radius 1 is 1.33 bits per heavy atom. The average molecular weight is 283 g/mol. The Morgan fingerprint density at radius 2 is 2.05 bits per heavy atom. The van der Waals surface area contributed by atoms with E-state index in [2.05, 4.69) is 17.2 Å². The second-order valence-electron chi connectivity index (χ2n) is 6.04. The fourth-order valence-corrected chi connectivity index (χ4v) is 2.98. The first-order valence-corrected chi connectivity index (χ1v) is 7.57. The van der Waals surface area contributed by atoms with E-state index >= 15 is 0 Å². The van der Waals surface area contributed by atoms with E-state index in [-0.39, 0.29) is 5.91 Å². The maximum absolute atomic E-state index is 12.5. The van der Waals surface area contributed by atoms with Crippen molar-refractivity contribution in [3.8, 4) is 0 Å². The van der Waals surface area contributed by atoms with Gasteiger partial charge < -0.3 is 11.1 Å². The number of nitrogens with one attached hydrogen (secondary N) is 1. The highest BCUT2D eigenvalue weighted by molar-refractivity contribution is 6.08. The van der Waals surface area contributed by atoms with Crippen LogP contribution in [-0.4, -0.2) is 17.4 Å². The summed E-state index contributed by atoms with van der Waals surface area (Å²) < 4.78 is 0. The maximum Gasteiger partial charge on any atom is 0.253 e. The van der Waals surface area contributed by atoms with Crippen molar-refractivity contribution in [2.24, 2.45) is 5.41 Å². The first-order chi connectivity index (χ1) is 10.2. The number of hydrogen-bond acceptors (Lipinski definition) is 3. The minimum atomic E-state index is -0.0546. The molecule has 1 amide bonds. The zero-order chi connectivity index (χ0) is 14.9. The number of nitrogens with two attached hydrogens (primary N) is 1. The van der Waals surface area contributed by atoms with Gasteiger partial charge in [0.2, 0.25) is 0 Å². The molecule has 0 saturated heterocycles. The molecular formula is C17H21N3O. The van der Waals surface area contributed by atoms with Gasteiger partial charge in [-0.1, -0.05) is 37.6 Å². The van der Waals surface area contributed by atoms with Crippen LogP contribution in [0.25, 0.3) is 10.8 Å². The zero-order valence-electron chi connectivity index (χ0n) is 12.4. The number of carbonyl (C=O) groups excluding carboxylic acids is 1. The van der Waals surface area contributed by atoms with E-state index in [0.29, 0.717) is 16.8 Å². The molecule has 0 radical (unpaired) electrons. The van der Waals surface area contributed by atoms with Gasteiger partial charge in [0, 0.05) is 18.1 Å². The molecule has 1 aliphatic rings. The Hall–Kier alpha value is -2.10. The number of fused-ring (bicyclic) bond motifs is 1. The van der Waals surface area contributed by atoms with Crippen molar-refractivity contribution in [1.82, 2.24) is 10.3 Å². The first kappa shape index (κ1) is 13.9. The van der Waals surface area contributed by atoms with E-state index in [0.717, 1.165) is 17.3 Å². The number of carbonyl (C=O) groups is 1. The van der Waals surface area contributed by atoms with Crippen LogP contribution in [0.5, 0.6) is 0 Å². The summed E-state index contributed by atoms with van der Waals surface area (Å²) in [6, 6.07) is 7.63. The molecule has 2 aromatic rings. The van der Waals surface area contributed by atoms with Crippen molar-refractivity contribution < 1.29 is 4.79 Å². The van der Waals surface area contributed by atoms with E-state index in [4.69, 9.17) is 5.73 Å². The molecule has 1 aliphatic carbocycles. The number of aromatic nitrogens is 1. The number of amides is 1. The van der Waals surface area contributed by atoms with E-state index in [9.17, 15) is 4.79 Å². The summed E-state index contributed by atoms with van der Waals surface area (Å²) in [4.78, 5) is 16.6. The Kier molecular flexibility index (Phi) is 3.53. The molecule has 1 heterocycles. The van der Waals surface area contributed by atoms with Crippen molar-refractivity contribution in [2.75, 3.05) is 12.3 Å². The van der Waals surface area contributed by atoms with Crippen LogP contribution in [0.3, 0.4) is 0 Å². The molecule has 0 bridgehead atoms. The van der Waals surface area contributed by atoms with Crippen LogP contribution in [-0.2, 0) is 0 Å². The van der Waals surface area contributed by atoms with E-state index in [1.807, 2.05) is 24.3 Å². The predicted octanol–water partition coefficient (Wildman–Crippen LogP) is 3.13. The maximum atomic E-state index is 12.5. The van der Waals surface area contributed by atoms with Crippen LogP contribution in [0.2, 0.25) is 0 Å². The van der Waals surface area contributed by atoms with Crippen LogP contribution < -0.4 is 11.1 Å². The summed E-state index contributed by atoms with van der Waals surface area (Å²) in [7, 11) is 0. The van der Waals surface area contributed by atoms with E-state index in [1.165, 1.54) is 25.7 Å². The molecular weight excluding hydrogens is 262 g/mol. The number of hydrogen-bond donors (Lipinski definition) is 2. The second-order valence-corrected chi connectivity index (χ2v) is 6.04. The van der Waals surface area contributed by atoms with Gasteiger partial charge in [-0.2, -0.15) is 0 Å². The Labute approximate surface area is 124 Å². The Bertz CT molecular complexity index is 677. The molecule has 0 atom stereocenters. The van der Waals surface area contributed by atoms with Crippen LogP contribution in [0.1, 0.15) is 43.0 Å². The summed E-state index contributed by atoms with van der Waals surface area (Å²) in [5.74, 6) is 0.410. The predicted molar refractivity (Wildman–Crippen MR) is 85.1 cm³/mol. The van der Waals surface area contributed by atoms with Gasteiger partial charge in [-0.3, -0.25) is 4.79 Å². The molecule has 4 heteroatoms. The van der Waals surface area contributed by atoms with Crippen LogP contribution in [0.15, 0.2) is 30.5 Å². The summed E-state index contributed by atoms with van der Waals surface area (Å²) in [5, 5.41) is 4.78. The normalized spacial score (nSPS) is 15.9. The quantitative estimate of drug-likeness (QED) is 0.885. The Balaban J connectivity index is 1.81. The van der Waals surface area contributed by atoms with Gasteiger partial charge in [-0.15, -0.1) is 0 Å². The highest BCUT2D eigenvalue weighted by atomic mass is 16.1. The lowest BCUT2D eigenvalue weighted by Crippen LogP contribution is -2.30. The fraction of sp³-hybridized carbons (Fsp3) is 0.412. The number of benzene rings is 1. The lowest BCUT2D eigenvalue weighted by Gasteiger charge is -2.15. The van der Waals surface area contributed by atoms with Gasteiger partial charge in [0.15, 0.2) is 0 Å². The molecule has 1 fully saturated rings. The summed E-state index contributed by atoms with van der Waals surface area (Å²) in [5.41, 5.74) is 6.83. The molecule has 0 aliphatic heterocycles. The molecule has 0 unspecified atom stereocenters. The molecule has 110 valence electrons. The van der Waals surface area contributed by atoms with E-state index < -0.39 is 0 Å². The van der Waals surface area contributed by atoms with Gasteiger partial charge >= 0.3 is 0 Å². The molecule has 3 rings (SSSR count). The lowest BCUT2D eigenvalue weighted by atomic mass is 10.0. The van der Waals surface area contributed by atoms with Gasteiger partial charge in [0.25, 0.3) is 5.91 Å². The summed E-state index contributed by atoms with van der Waals surface area (Å²) >= 11 is 0. The number of rotatable bonds is 5. The fourth-order valence-electron chi connectivity index (χ4n) is 2.98. The van der Waals surface area contributed by atoms with Crippen LogP contribution >= 0.6 is 0 Å². The minimum absolute atomic E-state index is 0.0546. The van der Waals surface area contributed by atoms with Gasteiger partial charge in [0.05, 0.1) is 5.56 Å². The smallest absolute Gasteiger partial charge is 0.253 e. The van der Waals surface area contributed by atoms with Crippen LogP contribution in [0, 0.1) is 5.41 Å². The number of nitrogen functional groups attached to an aromatic ring is 1. The third-order valence-electron chi connectivity index (χ3n) is 4.43. The molecule has 1 aromatic heterocycles. The first-order valence-electron chi connectivity index (χ1n) is 7.57. The number of anilines is 1. The van der Waals surface area contributed by atoms with Gasteiger partial charge in [-0.25, -0.2) is 4.98 Å². The van der Waals surface area contributed by atoms with E-state index in [1.54, 1.807) is 6.20 Å². The molecule has 1 saturated carbocycles. The largest absolute Gasteiger partial charge is 0.383 e. The SMILES string of the molecule is CCCC1(CNC(=O)c2cnc(N)c3ccccc23)CC1. The van der Waals surface area contributed by atoms with Crippen LogP contribution in [0.4, 0.5) is 5.82 Å². The third-order valence-corrected chi connectivity index (χ3v) is 4.43. The number of nitrogens with zero attached hydrogens (tertiary/aromatic N) is 1. The van der Waals surface area contributed by atoms with Crippen molar-refractivity contribution in [3.63, 3.8) is 0 Å². The summed E-state index contributed by atoms with van der Waals surface area (Å²) in [6.45, 7) is 2.96. The van der Waals surface area contributed by atoms with Crippen molar-refractivity contribution >= 4 is 22.5 Å². The van der Waals surface area contributed by atoms with Crippen molar-refractivity contribution in [3.05, 3.63) is 36.0 Å². The lowest BCUT2D eigenvalue weighted by molar-refractivity contribution is 0.0945. The Morgan fingerprint density at radius 3 is 2.71 bits per heavy atom. The molecule has 1 aromatic carbocycles. The second kappa shape index (κ2) is 5.35.